The summed E-state index contributed by atoms with van der Waals surface area (Å²) in [5.41, 5.74) is 2.42. The Morgan fingerprint density at radius 2 is 1.88 bits per heavy atom. The molecule has 0 aliphatic carbocycles. The molecule has 4 heteroatoms. The number of hydrogen-bond acceptors (Lipinski definition) is 3. The zero-order valence-corrected chi connectivity index (χ0v) is 11.5. The fraction of sp³-hybridized carbons (Fsp3) is 0.538. The topological polar surface area (TPSA) is 38.3 Å². The van der Waals surface area contributed by atoms with Crippen LogP contribution >= 0.6 is 0 Å². The molecule has 1 aromatic carbocycles. The first-order chi connectivity index (χ1) is 8.13. The van der Waals surface area contributed by atoms with E-state index in [9.17, 15) is 4.21 Å². The van der Waals surface area contributed by atoms with Crippen molar-refractivity contribution >= 4 is 10.8 Å². The van der Waals surface area contributed by atoms with Crippen LogP contribution in [0.15, 0.2) is 24.3 Å². The van der Waals surface area contributed by atoms with E-state index >= 15 is 0 Å². The number of hydrogen-bond donors (Lipinski definition) is 1. The predicted molar refractivity (Wildman–Crippen MR) is 72.4 cm³/mol. The Bertz CT molecular complexity index is 351. The fourth-order valence-corrected chi connectivity index (χ4v) is 1.81. The summed E-state index contributed by atoms with van der Waals surface area (Å²) in [6.07, 6.45) is 1.74. The lowest BCUT2D eigenvalue weighted by Crippen LogP contribution is -2.27. The molecular weight excluding hydrogens is 234 g/mol. The molecular formula is C13H21NO2S. The summed E-state index contributed by atoms with van der Waals surface area (Å²) in [7, 11) is 0.943. The second-order valence-corrected chi connectivity index (χ2v) is 5.99. The van der Waals surface area contributed by atoms with Crippen molar-refractivity contribution in [2.75, 3.05) is 19.9 Å². The Morgan fingerprint density at radius 3 is 2.41 bits per heavy atom. The van der Waals surface area contributed by atoms with Gasteiger partial charge in [0.15, 0.2) is 0 Å². The molecule has 1 rings (SSSR count). The number of benzene rings is 1. The van der Waals surface area contributed by atoms with Crippen LogP contribution in [-0.4, -0.2) is 29.4 Å². The molecule has 1 aromatic rings. The quantitative estimate of drug-likeness (QED) is 0.806. The van der Waals surface area contributed by atoms with E-state index < -0.39 is 10.8 Å². The van der Waals surface area contributed by atoms with Gasteiger partial charge >= 0.3 is 0 Å². The lowest BCUT2D eigenvalue weighted by Gasteiger charge is -2.10. The van der Waals surface area contributed by atoms with Crippen molar-refractivity contribution in [2.24, 2.45) is 0 Å². The number of ether oxygens (including phenoxy) is 1. The summed E-state index contributed by atoms with van der Waals surface area (Å²) in [6.45, 7) is 4.24. The highest BCUT2D eigenvalue weighted by Crippen LogP contribution is 2.05. The molecule has 96 valence electrons. The summed E-state index contributed by atoms with van der Waals surface area (Å²) in [5, 5.41) is 3.51. The summed E-state index contributed by atoms with van der Waals surface area (Å²) in [5.74, 6) is 0. The first-order valence-electron chi connectivity index (χ1n) is 5.73. The van der Waals surface area contributed by atoms with Gasteiger partial charge in [0.2, 0.25) is 0 Å². The van der Waals surface area contributed by atoms with Crippen LogP contribution in [0.3, 0.4) is 0 Å². The molecule has 1 N–H and O–H groups in total. The maximum absolute atomic E-state index is 11.2. The molecule has 0 radical (unpaired) electrons. The lowest BCUT2D eigenvalue weighted by molar-refractivity contribution is 0.185. The number of methoxy groups -OCH3 is 1. The van der Waals surface area contributed by atoms with Crippen LogP contribution in [-0.2, 0) is 28.7 Å². The molecule has 0 saturated heterocycles. The normalized spacial score (nSPS) is 14.5. The largest absolute Gasteiger partial charge is 0.380 e. The first kappa shape index (κ1) is 14.4. The van der Waals surface area contributed by atoms with Gasteiger partial charge in [0.05, 0.1) is 6.61 Å². The Labute approximate surface area is 106 Å². The Morgan fingerprint density at radius 1 is 1.29 bits per heavy atom. The van der Waals surface area contributed by atoms with E-state index in [2.05, 4.69) is 29.6 Å². The molecule has 0 fully saturated rings. The average molecular weight is 255 g/mol. The molecule has 0 aliphatic rings. The van der Waals surface area contributed by atoms with Gasteiger partial charge in [-0.25, -0.2) is 0 Å². The highest BCUT2D eigenvalue weighted by atomic mass is 32.2. The molecule has 0 saturated carbocycles. The van der Waals surface area contributed by atoms with Crippen molar-refractivity contribution in [3.63, 3.8) is 0 Å². The van der Waals surface area contributed by atoms with E-state index in [0.29, 0.717) is 6.61 Å². The molecule has 3 nitrogen and oxygen atoms in total. The van der Waals surface area contributed by atoms with Gasteiger partial charge in [-0.15, -0.1) is 0 Å². The van der Waals surface area contributed by atoms with Gasteiger partial charge < -0.3 is 10.1 Å². The third-order valence-corrected chi connectivity index (χ3v) is 3.96. The van der Waals surface area contributed by atoms with Gasteiger partial charge in [-0.2, -0.15) is 0 Å². The van der Waals surface area contributed by atoms with E-state index in [1.54, 1.807) is 13.4 Å². The molecule has 0 aliphatic heterocycles. The highest BCUT2D eigenvalue weighted by molar-refractivity contribution is 7.84. The van der Waals surface area contributed by atoms with Gasteiger partial charge in [0.1, 0.15) is 0 Å². The SMILES string of the molecule is COCc1ccc(CNCC(C)S(C)=O)cc1. The van der Waals surface area contributed by atoms with Gasteiger partial charge in [-0.3, -0.25) is 4.21 Å². The van der Waals surface area contributed by atoms with Gasteiger partial charge in [0.25, 0.3) is 0 Å². The van der Waals surface area contributed by atoms with Gasteiger partial charge in [-0.05, 0) is 18.1 Å². The third-order valence-electron chi connectivity index (χ3n) is 2.66. The molecule has 0 heterocycles. The van der Waals surface area contributed by atoms with Crippen LogP contribution < -0.4 is 5.32 Å². The monoisotopic (exact) mass is 255 g/mol. The summed E-state index contributed by atoms with van der Waals surface area (Å²) in [4.78, 5) is 0. The van der Waals surface area contributed by atoms with Crippen molar-refractivity contribution in [1.82, 2.24) is 5.32 Å². The second-order valence-electron chi connectivity index (χ2n) is 4.19. The molecule has 2 unspecified atom stereocenters. The van der Waals surface area contributed by atoms with Crippen molar-refractivity contribution in [3.05, 3.63) is 35.4 Å². The molecule has 2 atom stereocenters. The number of rotatable bonds is 7. The number of nitrogens with one attached hydrogen (secondary N) is 1. The Hall–Kier alpha value is -0.710. The summed E-state index contributed by atoms with van der Waals surface area (Å²) >= 11 is 0. The standard InChI is InChI=1S/C13H21NO2S/c1-11(17(3)15)8-14-9-12-4-6-13(7-5-12)10-16-2/h4-7,11,14H,8-10H2,1-3H3. The first-order valence-corrected chi connectivity index (χ1v) is 7.35. The van der Waals surface area contributed by atoms with Crippen LogP contribution in [0.1, 0.15) is 18.1 Å². The van der Waals surface area contributed by atoms with E-state index in [1.807, 2.05) is 6.92 Å². The van der Waals surface area contributed by atoms with Crippen molar-refractivity contribution in [2.45, 2.75) is 25.3 Å². The van der Waals surface area contributed by atoms with Crippen LogP contribution in [0, 0.1) is 0 Å². The molecule has 0 amide bonds. The maximum atomic E-state index is 11.2. The van der Waals surface area contributed by atoms with Gasteiger partial charge in [-0.1, -0.05) is 24.3 Å². The lowest BCUT2D eigenvalue weighted by atomic mass is 10.1. The fourth-order valence-electron chi connectivity index (χ4n) is 1.46. The minimum atomic E-state index is -0.754. The third kappa shape index (κ3) is 5.44. The zero-order chi connectivity index (χ0) is 12.7. The van der Waals surface area contributed by atoms with Crippen LogP contribution in [0.2, 0.25) is 0 Å². The van der Waals surface area contributed by atoms with Gasteiger partial charge in [0, 0.05) is 42.5 Å². The molecule has 0 bridgehead atoms. The highest BCUT2D eigenvalue weighted by Gasteiger charge is 2.04. The molecule has 17 heavy (non-hydrogen) atoms. The van der Waals surface area contributed by atoms with Crippen molar-refractivity contribution < 1.29 is 8.95 Å². The van der Waals surface area contributed by atoms with E-state index in [-0.39, 0.29) is 5.25 Å². The van der Waals surface area contributed by atoms with E-state index in [1.165, 1.54) is 11.1 Å². The van der Waals surface area contributed by atoms with E-state index in [4.69, 9.17) is 4.74 Å². The second kappa shape index (κ2) is 7.58. The Balaban J connectivity index is 2.34. The zero-order valence-electron chi connectivity index (χ0n) is 10.7. The molecule has 0 spiro atoms. The van der Waals surface area contributed by atoms with Crippen LogP contribution in [0.25, 0.3) is 0 Å². The van der Waals surface area contributed by atoms with Crippen LogP contribution in [0.4, 0.5) is 0 Å². The Kier molecular flexibility index (Phi) is 6.40. The van der Waals surface area contributed by atoms with E-state index in [0.717, 1.165) is 13.1 Å². The minimum Gasteiger partial charge on any atom is -0.380 e. The maximum Gasteiger partial charge on any atom is 0.0713 e. The van der Waals surface area contributed by atoms with Crippen molar-refractivity contribution in [3.8, 4) is 0 Å². The smallest absolute Gasteiger partial charge is 0.0713 e. The summed E-state index contributed by atoms with van der Waals surface area (Å²) in [6, 6.07) is 8.33. The van der Waals surface area contributed by atoms with Crippen molar-refractivity contribution in [1.29, 1.82) is 0 Å². The average Bonchev–Trinajstić information content (AvgIpc) is 2.31. The summed E-state index contributed by atoms with van der Waals surface area (Å²) < 4.78 is 16.2. The predicted octanol–water partition coefficient (Wildman–Crippen LogP) is 1.69. The van der Waals surface area contributed by atoms with Crippen LogP contribution in [0.5, 0.6) is 0 Å². The molecule has 0 aromatic heterocycles. The minimum absolute atomic E-state index is 0.197.